The summed E-state index contributed by atoms with van der Waals surface area (Å²) in [5.74, 6) is 0. The van der Waals surface area contributed by atoms with Crippen LogP contribution in [0.2, 0.25) is 5.02 Å². The largest absolute Gasteiger partial charge is 0.380 e. The summed E-state index contributed by atoms with van der Waals surface area (Å²) in [7, 11) is 0. The predicted molar refractivity (Wildman–Crippen MR) is 93.5 cm³/mol. The summed E-state index contributed by atoms with van der Waals surface area (Å²) >= 11 is 6.23. The van der Waals surface area contributed by atoms with Crippen molar-refractivity contribution in [2.45, 2.75) is 27.3 Å². The Labute approximate surface area is 132 Å². The fraction of sp³-hybridized carbons (Fsp3) is 0.333. The number of halogens is 1. The first-order valence-electron chi connectivity index (χ1n) is 7.48. The number of hydrogen-bond donors (Lipinski definition) is 1. The van der Waals surface area contributed by atoms with E-state index < -0.39 is 0 Å². The molecule has 2 aromatic carbocycles. The highest BCUT2D eigenvalue weighted by atomic mass is 35.5. The van der Waals surface area contributed by atoms with Gasteiger partial charge in [0, 0.05) is 25.3 Å². The molecule has 0 saturated carbocycles. The first-order valence-corrected chi connectivity index (χ1v) is 7.86. The van der Waals surface area contributed by atoms with E-state index in [9.17, 15) is 0 Å². The molecule has 0 heterocycles. The summed E-state index contributed by atoms with van der Waals surface area (Å²) in [4.78, 5) is 2.34. The van der Waals surface area contributed by atoms with Gasteiger partial charge in [-0.3, -0.25) is 0 Å². The van der Waals surface area contributed by atoms with Crippen LogP contribution in [0.5, 0.6) is 0 Å². The maximum Gasteiger partial charge on any atom is 0.0640 e. The molecule has 2 rings (SSSR count). The summed E-state index contributed by atoms with van der Waals surface area (Å²) < 4.78 is 0. The Morgan fingerprint density at radius 3 is 2.24 bits per heavy atom. The van der Waals surface area contributed by atoms with Gasteiger partial charge in [-0.25, -0.2) is 0 Å². The van der Waals surface area contributed by atoms with Crippen molar-refractivity contribution < 1.29 is 0 Å². The molecule has 2 aromatic rings. The molecule has 0 aromatic heterocycles. The fourth-order valence-electron chi connectivity index (χ4n) is 2.46. The van der Waals surface area contributed by atoms with Gasteiger partial charge in [0.05, 0.1) is 10.7 Å². The van der Waals surface area contributed by atoms with Crippen LogP contribution < -0.4 is 10.2 Å². The van der Waals surface area contributed by atoms with Crippen molar-refractivity contribution in [3.05, 3.63) is 58.6 Å². The van der Waals surface area contributed by atoms with Crippen LogP contribution in [-0.2, 0) is 6.54 Å². The summed E-state index contributed by atoms with van der Waals surface area (Å²) in [5, 5.41) is 4.20. The van der Waals surface area contributed by atoms with Crippen molar-refractivity contribution in [2.75, 3.05) is 23.3 Å². The monoisotopic (exact) mass is 302 g/mol. The molecular weight excluding hydrogens is 280 g/mol. The number of nitrogens with zero attached hydrogens (tertiary/aromatic N) is 1. The molecule has 0 radical (unpaired) electrons. The smallest absolute Gasteiger partial charge is 0.0640 e. The number of rotatable bonds is 6. The molecule has 2 nitrogen and oxygen atoms in total. The maximum absolute atomic E-state index is 6.23. The van der Waals surface area contributed by atoms with Gasteiger partial charge in [-0.15, -0.1) is 0 Å². The van der Waals surface area contributed by atoms with E-state index in [1.54, 1.807) is 0 Å². The highest BCUT2D eigenvalue weighted by Crippen LogP contribution is 2.26. The van der Waals surface area contributed by atoms with Gasteiger partial charge >= 0.3 is 0 Å². The van der Waals surface area contributed by atoms with E-state index in [1.807, 2.05) is 12.1 Å². The molecule has 0 saturated heterocycles. The van der Waals surface area contributed by atoms with Crippen molar-refractivity contribution in [3.63, 3.8) is 0 Å². The molecule has 0 aliphatic heterocycles. The molecule has 0 atom stereocenters. The lowest BCUT2D eigenvalue weighted by atomic mass is 10.1. The molecule has 112 valence electrons. The highest BCUT2D eigenvalue weighted by Gasteiger charge is 2.04. The van der Waals surface area contributed by atoms with Crippen molar-refractivity contribution in [2.24, 2.45) is 0 Å². The predicted octanol–water partition coefficient (Wildman–Crippen LogP) is 5.11. The van der Waals surface area contributed by atoms with Crippen molar-refractivity contribution in [1.82, 2.24) is 0 Å². The number of para-hydroxylation sites is 1. The number of aryl methyl sites for hydroxylation is 1. The minimum absolute atomic E-state index is 0.773. The van der Waals surface area contributed by atoms with Crippen LogP contribution in [0.4, 0.5) is 11.4 Å². The molecule has 0 aliphatic carbocycles. The normalized spacial score (nSPS) is 10.5. The van der Waals surface area contributed by atoms with Gasteiger partial charge in [-0.2, -0.15) is 0 Å². The number of hydrogen-bond acceptors (Lipinski definition) is 2. The second-order valence-corrected chi connectivity index (χ2v) is 5.53. The molecule has 0 fully saturated rings. The average Bonchev–Trinajstić information content (AvgIpc) is 2.49. The Kier molecular flexibility index (Phi) is 5.51. The topological polar surface area (TPSA) is 15.3 Å². The first-order chi connectivity index (χ1) is 10.2. The van der Waals surface area contributed by atoms with E-state index in [4.69, 9.17) is 11.6 Å². The lowest BCUT2D eigenvalue weighted by molar-refractivity contribution is 0.865. The minimum Gasteiger partial charge on any atom is -0.380 e. The van der Waals surface area contributed by atoms with Crippen molar-refractivity contribution in [3.8, 4) is 0 Å². The molecule has 3 heteroatoms. The number of benzene rings is 2. The molecule has 0 bridgehead atoms. The number of nitrogens with one attached hydrogen (secondary N) is 1. The van der Waals surface area contributed by atoms with E-state index in [-0.39, 0.29) is 0 Å². The fourth-order valence-corrected chi connectivity index (χ4v) is 2.75. The second kappa shape index (κ2) is 7.37. The van der Waals surface area contributed by atoms with Gasteiger partial charge < -0.3 is 10.2 Å². The van der Waals surface area contributed by atoms with Gasteiger partial charge in [-0.1, -0.05) is 35.9 Å². The van der Waals surface area contributed by atoms with Crippen LogP contribution in [0.3, 0.4) is 0 Å². The summed E-state index contributed by atoms with van der Waals surface area (Å²) in [6.07, 6.45) is 0. The van der Waals surface area contributed by atoms with Crippen LogP contribution in [0.1, 0.15) is 25.0 Å². The molecule has 0 aliphatic rings. The SMILES string of the molecule is CCN(CC)c1ccc(CNc2c(C)cccc2Cl)cc1. The third-order valence-electron chi connectivity index (χ3n) is 3.76. The maximum atomic E-state index is 6.23. The van der Waals surface area contributed by atoms with E-state index >= 15 is 0 Å². The van der Waals surface area contributed by atoms with Crippen LogP contribution in [-0.4, -0.2) is 13.1 Å². The zero-order valence-electron chi connectivity index (χ0n) is 13.0. The highest BCUT2D eigenvalue weighted by molar-refractivity contribution is 6.33. The Morgan fingerprint density at radius 2 is 1.67 bits per heavy atom. The minimum atomic E-state index is 0.773. The van der Waals surface area contributed by atoms with E-state index in [0.717, 1.165) is 30.3 Å². The summed E-state index contributed by atoms with van der Waals surface area (Å²) in [6.45, 7) is 9.28. The van der Waals surface area contributed by atoms with Crippen molar-refractivity contribution >= 4 is 23.0 Å². The van der Waals surface area contributed by atoms with Crippen molar-refractivity contribution in [1.29, 1.82) is 0 Å². The second-order valence-electron chi connectivity index (χ2n) is 5.12. The summed E-state index contributed by atoms with van der Waals surface area (Å²) in [5.41, 5.74) is 4.72. The van der Waals surface area contributed by atoms with Gasteiger partial charge in [0.2, 0.25) is 0 Å². The van der Waals surface area contributed by atoms with Gasteiger partial charge in [0.15, 0.2) is 0 Å². The van der Waals surface area contributed by atoms with E-state index in [0.29, 0.717) is 0 Å². The molecule has 0 unspecified atom stereocenters. The van der Waals surface area contributed by atoms with Crippen LogP contribution >= 0.6 is 11.6 Å². The van der Waals surface area contributed by atoms with E-state index in [1.165, 1.54) is 16.8 Å². The Hall–Kier alpha value is -1.67. The standard InChI is InChI=1S/C18H23ClN2/c1-4-21(5-2)16-11-9-15(10-12-16)13-20-18-14(3)7-6-8-17(18)19/h6-12,20H,4-5,13H2,1-3H3. The molecule has 21 heavy (non-hydrogen) atoms. The average molecular weight is 303 g/mol. The zero-order valence-corrected chi connectivity index (χ0v) is 13.7. The first kappa shape index (κ1) is 15.7. The third-order valence-corrected chi connectivity index (χ3v) is 4.07. The molecule has 0 amide bonds. The van der Waals surface area contributed by atoms with Crippen LogP contribution in [0.15, 0.2) is 42.5 Å². The third kappa shape index (κ3) is 3.92. The lowest BCUT2D eigenvalue weighted by Crippen LogP contribution is -2.21. The van der Waals surface area contributed by atoms with E-state index in [2.05, 4.69) is 61.3 Å². The molecule has 0 spiro atoms. The Bertz CT molecular complexity index is 554. The van der Waals surface area contributed by atoms with Gasteiger partial charge in [0.25, 0.3) is 0 Å². The van der Waals surface area contributed by atoms with Gasteiger partial charge in [-0.05, 0) is 50.1 Å². The zero-order chi connectivity index (χ0) is 15.2. The number of anilines is 2. The quantitative estimate of drug-likeness (QED) is 0.798. The Morgan fingerprint density at radius 1 is 1.00 bits per heavy atom. The van der Waals surface area contributed by atoms with Crippen LogP contribution in [0.25, 0.3) is 0 Å². The Balaban J connectivity index is 2.04. The molecule has 1 N–H and O–H groups in total. The molecular formula is C18H23ClN2. The summed E-state index contributed by atoms with van der Waals surface area (Å²) in [6, 6.07) is 14.7. The van der Waals surface area contributed by atoms with Gasteiger partial charge in [0.1, 0.15) is 0 Å². The van der Waals surface area contributed by atoms with Crippen LogP contribution in [0, 0.1) is 6.92 Å². The lowest BCUT2D eigenvalue weighted by Gasteiger charge is -2.21.